The molecule has 2 bridgehead atoms. The zero-order valence-corrected chi connectivity index (χ0v) is 17.7. The maximum Gasteiger partial charge on any atom is 0.255 e. The normalized spacial score (nSPS) is 21.0. The molecule has 2 aliphatic heterocycles. The Hall–Kier alpha value is -2.70. The molecule has 0 radical (unpaired) electrons. The third kappa shape index (κ3) is 3.61. The molecule has 2 aromatic heterocycles. The van der Waals surface area contributed by atoms with Crippen LogP contribution in [-0.2, 0) is 19.6 Å². The second kappa shape index (κ2) is 7.85. The number of nitrogens with zero attached hydrogens (tertiary/aromatic N) is 5. The Kier molecular flexibility index (Phi) is 5.05. The highest BCUT2D eigenvalue weighted by Crippen LogP contribution is 2.35. The highest BCUT2D eigenvalue weighted by molar-refractivity contribution is 5.32. The molecule has 6 heteroatoms. The first kappa shape index (κ1) is 19.3. The first-order chi connectivity index (χ1) is 14.6. The summed E-state index contributed by atoms with van der Waals surface area (Å²) < 4.78 is 4.10. The molecule has 5 rings (SSSR count). The van der Waals surface area contributed by atoms with Crippen LogP contribution in [0.15, 0.2) is 59.5 Å². The van der Waals surface area contributed by atoms with Crippen LogP contribution in [0.25, 0.3) is 5.69 Å². The molecule has 156 valence electrons. The van der Waals surface area contributed by atoms with Gasteiger partial charge in [-0.25, -0.2) is 4.68 Å². The maximum absolute atomic E-state index is 13.0. The predicted octanol–water partition coefficient (Wildman–Crippen LogP) is 2.71. The average Bonchev–Trinajstić information content (AvgIpc) is 3.19. The number of piperidine rings is 1. The van der Waals surface area contributed by atoms with Crippen molar-refractivity contribution < 1.29 is 0 Å². The summed E-state index contributed by atoms with van der Waals surface area (Å²) in [4.78, 5) is 17.6. The molecule has 4 heterocycles. The number of para-hydroxylation sites is 1. The number of rotatable bonds is 5. The quantitative estimate of drug-likeness (QED) is 0.657. The predicted molar refractivity (Wildman–Crippen MR) is 118 cm³/mol. The lowest BCUT2D eigenvalue weighted by Gasteiger charge is -2.43. The fraction of sp³-hybridized carbons (Fsp3) is 0.417. The summed E-state index contributed by atoms with van der Waals surface area (Å²) in [5.41, 5.74) is 4.61. The lowest BCUT2D eigenvalue weighted by atomic mass is 9.83. The van der Waals surface area contributed by atoms with Gasteiger partial charge in [-0.1, -0.05) is 24.3 Å². The molecule has 2 aliphatic rings. The van der Waals surface area contributed by atoms with Crippen molar-refractivity contribution in [2.24, 2.45) is 5.92 Å². The summed E-state index contributed by atoms with van der Waals surface area (Å²) in [6.07, 6.45) is 3.06. The van der Waals surface area contributed by atoms with Gasteiger partial charge in [0.15, 0.2) is 0 Å². The van der Waals surface area contributed by atoms with Crippen LogP contribution >= 0.6 is 0 Å². The lowest BCUT2D eigenvalue weighted by Crippen LogP contribution is -2.47. The molecule has 0 saturated carbocycles. The molecule has 30 heavy (non-hydrogen) atoms. The molecular weight excluding hydrogens is 374 g/mol. The summed E-state index contributed by atoms with van der Waals surface area (Å²) in [6, 6.07) is 16.7. The van der Waals surface area contributed by atoms with Crippen LogP contribution in [0.3, 0.4) is 0 Å². The Balaban J connectivity index is 1.37. The van der Waals surface area contributed by atoms with E-state index in [9.17, 15) is 4.79 Å². The zero-order chi connectivity index (χ0) is 20.7. The van der Waals surface area contributed by atoms with Crippen LogP contribution in [0.1, 0.15) is 29.3 Å². The number of hydrogen-bond acceptors (Lipinski definition) is 4. The zero-order valence-electron chi connectivity index (χ0n) is 17.7. The van der Waals surface area contributed by atoms with Crippen molar-refractivity contribution >= 4 is 0 Å². The molecule has 3 aromatic rings. The van der Waals surface area contributed by atoms with Gasteiger partial charge in [-0.3, -0.25) is 9.69 Å². The van der Waals surface area contributed by atoms with Crippen LogP contribution < -0.4 is 5.56 Å². The van der Waals surface area contributed by atoms with Crippen molar-refractivity contribution in [3.8, 4) is 5.69 Å². The Labute approximate surface area is 177 Å². The van der Waals surface area contributed by atoms with Crippen molar-refractivity contribution in [3.05, 3.63) is 82.0 Å². The van der Waals surface area contributed by atoms with Crippen LogP contribution in [0, 0.1) is 5.92 Å². The van der Waals surface area contributed by atoms with Crippen molar-refractivity contribution in [1.29, 1.82) is 0 Å². The Bertz CT molecular complexity index is 1080. The standard InChI is InChI=1S/C24H29N5O/c1-26(2)15-19-8-9-23-20-12-18(14-28(23)24(19)30)13-27(16-20)17-22-10-11-25-29(22)21-6-4-3-5-7-21/h3-11,18,20H,12-17H2,1-2H3/t18-,20+/m0/s1. The highest BCUT2D eigenvalue weighted by Gasteiger charge is 2.35. The fourth-order valence-corrected chi connectivity index (χ4v) is 5.16. The maximum atomic E-state index is 13.0. The minimum Gasteiger partial charge on any atom is -0.312 e. The van der Waals surface area contributed by atoms with Gasteiger partial charge in [0, 0.05) is 56.1 Å². The number of hydrogen-bond donors (Lipinski definition) is 0. The molecular formula is C24H29N5O. The van der Waals surface area contributed by atoms with E-state index >= 15 is 0 Å². The van der Waals surface area contributed by atoms with Gasteiger partial charge in [0.2, 0.25) is 0 Å². The summed E-state index contributed by atoms with van der Waals surface area (Å²) in [7, 11) is 4.02. The van der Waals surface area contributed by atoms with E-state index in [1.54, 1.807) is 0 Å². The minimum absolute atomic E-state index is 0.200. The number of aromatic nitrogens is 3. The van der Waals surface area contributed by atoms with Crippen LogP contribution in [0.2, 0.25) is 0 Å². The molecule has 0 unspecified atom stereocenters. The Morgan fingerprint density at radius 1 is 1.03 bits per heavy atom. The van der Waals surface area contributed by atoms with Crippen molar-refractivity contribution in [2.45, 2.75) is 32.0 Å². The Morgan fingerprint density at radius 2 is 1.87 bits per heavy atom. The van der Waals surface area contributed by atoms with Crippen molar-refractivity contribution in [2.75, 3.05) is 27.2 Å². The van der Waals surface area contributed by atoms with Gasteiger partial charge in [-0.05, 0) is 50.7 Å². The summed E-state index contributed by atoms with van der Waals surface area (Å²) in [5.74, 6) is 0.948. The largest absolute Gasteiger partial charge is 0.312 e. The monoisotopic (exact) mass is 403 g/mol. The van der Waals surface area contributed by atoms with Crippen LogP contribution in [-0.4, -0.2) is 51.3 Å². The average molecular weight is 404 g/mol. The van der Waals surface area contributed by atoms with E-state index in [-0.39, 0.29) is 5.56 Å². The van der Waals surface area contributed by atoms with E-state index in [1.165, 1.54) is 17.8 Å². The van der Waals surface area contributed by atoms with Gasteiger partial charge in [-0.15, -0.1) is 0 Å². The summed E-state index contributed by atoms with van der Waals surface area (Å²) >= 11 is 0. The van der Waals surface area contributed by atoms with E-state index in [1.807, 2.05) is 49.2 Å². The van der Waals surface area contributed by atoms with Crippen molar-refractivity contribution in [1.82, 2.24) is 24.1 Å². The number of pyridine rings is 1. The molecule has 6 nitrogen and oxygen atoms in total. The topological polar surface area (TPSA) is 46.3 Å². The van der Waals surface area contributed by atoms with Crippen molar-refractivity contribution in [3.63, 3.8) is 0 Å². The van der Waals surface area contributed by atoms with Crippen LogP contribution in [0.5, 0.6) is 0 Å². The third-order valence-electron chi connectivity index (χ3n) is 6.35. The molecule has 0 spiro atoms. The highest BCUT2D eigenvalue weighted by atomic mass is 16.1. The van der Waals surface area contributed by atoms with Gasteiger partial charge in [0.1, 0.15) is 0 Å². The van der Waals surface area contributed by atoms with E-state index in [2.05, 4.69) is 43.7 Å². The SMILES string of the molecule is CN(C)Cc1ccc2n(c1=O)C[C@H]1C[C@@H]2CN(Cc2ccnn2-c2ccccc2)C1. The summed E-state index contributed by atoms with van der Waals surface area (Å²) in [5, 5.41) is 4.55. The van der Waals surface area contributed by atoms with Gasteiger partial charge in [-0.2, -0.15) is 5.10 Å². The number of benzene rings is 1. The van der Waals surface area contributed by atoms with Gasteiger partial charge in [0.05, 0.1) is 11.4 Å². The van der Waals surface area contributed by atoms with Gasteiger partial charge in [0.25, 0.3) is 5.56 Å². The van der Waals surface area contributed by atoms with E-state index < -0.39 is 0 Å². The molecule has 2 atom stereocenters. The first-order valence-corrected chi connectivity index (χ1v) is 10.8. The second-order valence-electron chi connectivity index (χ2n) is 9.00. The molecule has 0 amide bonds. The first-order valence-electron chi connectivity index (χ1n) is 10.8. The van der Waals surface area contributed by atoms with Gasteiger partial charge >= 0.3 is 0 Å². The molecule has 0 aliphatic carbocycles. The van der Waals surface area contributed by atoms with E-state index in [0.29, 0.717) is 18.4 Å². The van der Waals surface area contributed by atoms with Gasteiger partial charge < -0.3 is 9.47 Å². The van der Waals surface area contributed by atoms with Crippen LogP contribution in [0.4, 0.5) is 0 Å². The Morgan fingerprint density at radius 3 is 2.67 bits per heavy atom. The second-order valence-corrected chi connectivity index (χ2v) is 9.00. The fourth-order valence-electron chi connectivity index (χ4n) is 5.16. The molecule has 0 N–H and O–H groups in total. The number of fused-ring (bicyclic) bond motifs is 4. The smallest absolute Gasteiger partial charge is 0.255 e. The molecule has 1 aromatic carbocycles. The minimum atomic E-state index is 0.200. The molecule has 1 saturated heterocycles. The third-order valence-corrected chi connectivity index (χ3v) is 6.35. The van der Waals surface area contributed by atoms with E-state index in [0.717, 1.165) is 37.4 Å². The van der Waals surface area contributed by atoms with E-state index in [4.69, 9.17) is 0 Å². The molecule has 1 fully saturated rings. The summed E-state index contributed by atoms with van der Waals surface area (Å²) in [6.45, 7) is 4.43. The number of likely N-dealkylation sites (tertiary alicyclic amines) is 1. The lowest BCUT2D eigenvalue weighted by molar-refractivity contribution is 0.112.